The Kier molecular flexibility index (Phi) is 7.41. The number of carbonyl (C=O) groups excluding carboxylic acids is 2. The van der Waals surface area contributed by atoms with Gasteiger partial charge in [0.05, 0.1) is 6.54 Å². The van der Waals surface area contributed by atoms with Gasteiger partial charge in [0.25, 0.3) is 5.91 Å². The number of hydrogen-bond donors (Lipinski definition) is 3. The van der Waals surface area contributed by atoms with Gasteiger partial charge in [-0.05, 0) is 41.8 Å². The van der Waals surface area contributed by atoms with Crippen molar-refractivity contribution in [1.29, 1.82) is 0 Å². The minimum atomic E-state index is -0.259. The third-order valence-corrected chi connectivity index (χ3v) is 4.44. The maximum Gasteiger partial charge on any atom is 0.251 e. The lowest BCUT2D eigenvalue weighted by Crippen LogP contribution is -2.37. The van der Waals surface area contributed by atoms with E-state index in [2.05, 4.69) is 16.0 Å². The summed E-state index contributed by atoms with van der Waals surface area (Å²) in [6, 6.07) is 27.2. The zero-order valence-electron chi connectivity index (χ0n) is 16.2. The molecule has 0 aliphatic carbocycles. The number of para-hydroxylation sites is 1. The molecule has 0 saturated heterocycles. The van der Waals surface area contributed by atoms with Crippen molar-refractivity contribution in [3.8, 4) is 11.1 Å². The number of amides is 2. The lowest BCUT2D eigenvalue weighted by atomic mass is 10.0. The fraction of sp³-hybridized carbons (Fsp3) is 0.167. The van der Waals surface area contributed by atoms with Crippen molar-refractivity contribution in [3.05, 3.63) is 90.5 Å². The number of benzene rings is 3. The van der Waals surface area contributed by atoms with Gasteiger partial charge in [-0.3, -0.25) is 9.59 Å². The van der Waals surface area contributed by atoms with Crippen LogP contribution in [0, 0.1) is 0 Å². The van der Waals surface area contributed by atoms with Gasteiger partial charge in [-0.1, -0.05) is 60.7 Å². The molecule has 29 heavy (non-hydrogen) atoms. The van der Waals surface area contributed by atoms with Crippen molar-refractivity contribution in [2.45, 2.75) is 6.42 Å². The molecule has 0 saturated carbocycles. The molecule has 0 bridgehead atoms. The van der Waals surface area contributed by atoms with Crippen molar-refractivity contribution in [2.75, 3.05) is 25.0 Å². The molecule has 5 nitrogen and oxygen atoms in total. The summed E-state index contributed by atoms with van der Waals surface area (Å²) in [4.78, 5) is 24.1. The first-order valence-corrected chi connectivity index (χ1v) is 9.72. The second-order valence-corrected chi connectivity index (χ2v) is 6.62. The average molecular weight is 387 g/mol. The molecule has 0 radical (unpaired) electrons. The molecular formula is C24H25N3O2. The number of hydrogen-bond acceptors (Lipinski definition) is 3. The van der Waals surface area contributed by atoms with Gasteiger partial charge in [0, 0.05) is 24.3 Å². The molecule has 0 fully saturated rings. The summed E-state index contributed by atoms with van der Waals surface area (Å²) in [6.45, 7) is 1.29. The summed E-state index contributed by atoms with van der Waals surface area (Å²) in [5.41, 5.74) is 3.73. The van der Waals surface area contributed by atoms with Crippen LogP contribution in [0.2, 0.25) is 0 Å². The number of nitrogens with one attached hydrogen (secondary N) is 3. The van der Waals surface area contributed by atoms with E-state index < -0.39 is 0 Å². The van der Waals surface area contributed by atoms with Crippen LogP contribution in [0.15, 0.2) is 84.9 Å². The Balaban J connectivity index is 1.35. The summed E-state index contributed by atoms with van der Waals surface area (Å²) in [5.74, 6) is -0.454. The SMILES string of the molecule is O=C(CNC(=O)c1ccc(-c2ccccc2)cc1)NCCCNc1ccccc1. The molecule has 0 atom stereocenters. The Labute approximate surface area is 171 Å². The highest BCUT2D eigenvalue weighted by atomic mass is 16.2. The van der Waals surface area contributed by atoms with E-state index in [-0.39, 0.29) is 18.4 Å². The number of anilines is 1. The molecule has 2 amide bonds. The van der Waals surface area contributed by atoms with E-state index in [0.29, 0.717) is 12.1 Å². The molecular weight excluding hydrogens is 362 g/mol. The maximum absolute atomic E-state index is 12.2. The molecule has 3 N–H and O–H groups in total. The molecule has 0 aliphatic heterocycles. The Morgan fingerprint density at radius 3 is 1.97 bits per heavy atom. The van der Waals surface area contributed by atoms with Crippen LogP contribution in [-0.4, -0.2) is 31.4 Å². The minimum Gasteiger partial charge on any atom is -0.385 e. The smallest absolute Gasteiger partial charge is 0.251 e. The van der Waals surface area contributed by atoms with Crippen LogP contribution >= 0.6 is 0 Å². The van der Waals surface area contributed by atoms with Crippen molar-refractivity contribution >= 4 is 17.5 Å². The van der Waals surface area contributed by atoms with Crippen LogP contribution in [0.3, 0.4) is 0 Å². The zero-order valence-corrected chi connectivity index (χ0v) is 16.2. The molecule has 3 aromatic rings. The monoisotopic (exact) mass is 387 g/mol. The van der Waals surface area contributed by atoms with Gasteiger partial charge in [-0.25, -0.2) is 0 Å². The van der Waals surface area contributed by atoms with Gasteiger partial charge in [0.15, 0.2) is 0 Å². The van der Waals surface area contributed by atoms with Crippen molar-refractivity contribution in [2.24, 2.45) is 0 Å². The Morgan fingerprint density at radius 2 is 1.28 bits per heavy atom. The third kappa shape index (κ3) is 6.50. The van der Waals surface area contributed by atoms with Gasteiger partial charge in [-0.15, -0.1) is 0 Å². The lowest BCUT2D eigenvalue weighted by molar-refractivity contribution is -0.120. The second-order valence-electron chi connectivity index (χ2n) is 6.62. The van der Waals surface area contributed by atoms with E-state index in [1.54, 1.807) is 12.1 Å². The highest BCUT2D eigenvalue weighted by Gasteiger charge is 2.08. The van der Waals surface area contributed by atoms with E-state index in [1.165, 1.54) is 0 Å². The van der Waals surface area contributed by atoms with Crippen molar-refractivity contribution < 1.29 is 9.59 Å². The van der Waals surface area contributed by atoms with Gasteiger partial charge >= 0.3 is 0 Å². The van der Waals surface area contributed by atoms with Crippen LogP contribution in [0.4, 0.5) is 5.69 Å². The summed E-state index contributed by atoms with van der Waals surface area (Å²) < 4.78 is 0. The lowest BCUT2D eigenvalue weighted by Gasteiger charge is -2.09. The van der Waals surface area contributed by atoms with Crippen LogP contribution in [-0.2, 0) is 4.79 Å². The highest BCUT2D eigenvalue weighted by molar-refractivity contribution is 5.96. The first-order chi connectivity index (χ1) is 14.2. The topological polar surface area (TPSA) is 70.2 Å². The number of rotatable bonds is 9. The minimum absolute atomic E-state index is 0.0363. The van der Waals surface area contributed by atoms with Crippen LogP contribution in [0.25, 0.3) is 11.1 Å². The van der Waals surface area contributed by atoms with Crippen LogP contribution in [0.5, 0.6) is 0 Å². The average Bonchev–Trinajstić information content (AvgIpc) is 2.78. The third-order valence-electron chi connectivity index (χ3n) is 4.44. The Hall–Kier alpha value is -3.60. The fourth-order valence-corrected chi connectivity index (χ4v) is 2.87. The standard InChI is InChI=1S/C24H25N3O2/c28-23(26-17-7-16-25-22-10-5-2-6-11-22)18-27-24(29)21-14-12-20(13-15-21)19-8-3-1-4-9-19/h1-6,8-15,25H,7,16-18H2,(H,26,28)(H,27,29). The van der Waals surface area contributed by atoms with E-state index >= 15 is 0 Å². The van der Waals surface area contributed by atoms with Gasteiger partial charge in [0.1, 0.15) is 0 Å². The second kappa shape index (κ2) is 10.7. The Morgan fingerprint density at radius 1 is 0.655 bits per heavy atom. The first-order valence-electron chi connectivity index (χ1n) is 9.72. The molecule has 148 valence electrons. The van der Waals surface area contributed by atoms with E-state index in [0.717, 1.165) is 29.8 Å². The predicted octanol–water partition coefficient (Wildman–Crippen LogP) is 3.70. The summed E-state index contributed by atoms with van der Waals surface area (Å²) >= 11 is 0. The number of carbonyl (C=O) groups is 2. The fourth-order valence-electron chi connectivity index (χ4n) is 2.87. The first kappa shape index (κ1) is 20.1. The van der Waals surface area contributed by atoms with E-state index in [1.807, 2.05) is 72.8 Å². The van der Waals surface area contributed by atoms with Gasteiger partial charge in [0.2, 0.25) is 5.91 Å². The molecule has 5 heteroatoms. The zero-order chi connectivity index (χ0) is 20.3. The molecule has 0 aliphatic rings. The Bertz CT molecular complexity index is 910. The predicted molar refractivity (Wildman–Crippen MR) is 117 cm³/mol. The van der Waals surface area contributed by atoms with Gasteiger partial charge < -0.3 is 16.0 Å². The molecule has 0 spiro atoms. The quantitative estimate of drug-likeness (QED) is 0.490. The molecule has 0 heterocycles. The summed E-state index contributed by atoms with van der Waals surface area (Å²) in [5, 5.41) is 8.76. The van der Waals surface area contributed by atoms with Gasteiger partial charge in [-0.2, -0.15) is 0 Å². The highest BCUT2D eigenvalue weighted by Crippen LogP contribution is 2.19. The van der Waals surface area contributed by atoms with E-state index in [4.69, 9.17) is 0 Å². The summed E-state index contributed by atoms with van der Waals surface area (Å²) in [7, 11) is 0. The largest absolute Gasteiger partial charge is 0.385 e. The van der Waals surface area contributed by atoms with Crippen LogP contribution < -0.4 is 16.0 Å². The molecule has 0 unspecified atom stereocenters. The molecule has 3 aromatic carbocycles. The molecule has 3 rings (SSSR count). The maximum atomic E-state index is 12.2. The van der Waals surface area contributed by atoms with E-state index in [9.17, 15) is 9.59 Å². The van der Waals surface area contributed by atoms with Crippen molar-refractivity contribution in [3.63, 3.8) is 0 Å². The normalized spacial score (nSPS) is 10.2. The van der Waals surface area contributed by atoms with Crippen LogP contribution in [0.1, 0.15) is 16.8 Å². The summed E-state index contributed by atoms with van der Waals surface area (Å²) in [6.07, 6.45) is 0.801. The molecule has 0 aromatic heterocycles. The van der Waals surface area contributed by atoms with Crippen molar-refractivity contribution in [1.82, 2.24) is 10.6 Å².